The summed E-state index contributed by atoms with van der Waals surface area (Å²) < 4.78 is 19.0. The van der Waals surface area contributed by atoms with Crippen molar-refractivity contribution in [2.24, 2.45) is 0 Å². The van der Waals surface area contributed by atoms with E-state index in [1.807, 2.05) is 24.3 Å². The third-order valence-corrected chi connectivity index (χ3v) is 9.61. The van der Waals surface area contributed by atoms with Crippen LogP contribution in [-0.2, 0) is 19.8 Å². The van der Waals surface area contributed by atoms with Gasteiger partial charge in [0.15, 0.2) is 0 Å². The third kappa shape index (κ3) is 10.2. The minimum Gasteiger partial charge on any atom is -0.493 e. The van der Waals surface area contributed by atoms with Crippen molar-refractivity contribution < 1.29 is 19.3 Å². The van der Waals surface area contributed by atoms with E-state index in [1.54, 1.807) is 18.5 Å². The van der Waals surface area contributed by atoms with Crippen LogP contribution in [0.3, 0.4) is 0 Å². The zero-order chi connectivity index (χ0) is 35.3. The molecule has 0 aliphatic carbocycles. The number of likely N-dealkylation sites (tertiary alicyclic amines) is 1. The third-order valence-electron chi connectivity index (χ3n) is 9.32. The number of piperidine rings is 1. The molecule has 5 rings (SSSR count). The fraction of sp³-hybridized carbons (Fsp3) is 0.415. The van der Waals surface area contributed by atoms with E-state index in [1.165, 1.54) is 19.3 Å². The van der Waals surface area contributed by atoms with Gasteiger partial charge in [-0.2, -0.15) is 5.26 Å². The zero-order valence-electron chi connectivity index (χ0n) is 29.6. The summed E-state index contributed by atoms with van der Waals surface area (Å²) in [7, 11) is 2.07. The first-order chi connectivity index (χ1) is 24.4. The van der Waals surface area contributed by atoms with Crippen LogP contribution >= 0.6 is 11.6 Å². The van der Waals surface area contributed by atoms with Crippen LogP contribution in [0.2, 0.25) is 5.02 Å². The molecule has 3 aromatic carbocycles. The van der Waals surface area contributed by atoms with Crippen LogP contribution in [0.25, 0.3) is 11.1 Å². The van der Waals surface area contributed by atoms with E-state index in [2.05, 4.69) is 66.0 Å². The predicted molar refractivity (Wildman–Crippen MR) is 199 cm³/mol. The average Bonchev–Trinajstić information content (AvgIpc) is 3.13. The fourth-order valence-electron chi connectivity index (χ4n) is 6.41. The molecule has 0 amide bonds. The van der Waals surface area contributed by atoms with Gasteiger partial charge in [-0.1, -0.05) is 48.4 Å². The molecule has 0 bridgehead atoms. The van der Waals surface area contributed by atoms with Crippen molar-refractivity contribution in [1.82, 2.24) is 14.8 Å². The van der Waals surface area contributed by atoms with Crippen LogP contribution in [-0.4, -0.2) is 66.3 Å². The number of nitrogens with zero attached hydrogens (tertiary/aromatic N) is 4. The summed E-state index contributed by atoms with van der Waals surface area (Å²) in [5.41, 5.74) is 7.91. The summed E-state index contributed by atoms with van der Waals surface area (Å²) in [5.74, 6) is 2.17. The van der Waals surface area contributed by atoms with E-state index in [9.17, 15) is 5.26 Å². The minimum absolute atomic E-state index is 0.217. The molecule has 0 radical (unpaired) electrons. The van der Waals surface area contributed by atoms with Crippen LogP contribution in [0.15, 0.2) is 67.0 Å². The monoisotopic (exact) mass is 696 g/mol. The lowest BCUT2D eigenvalue weighted by Crippen LogP contribution is -2.29. The summed E-state index contributed by atoms with van der Waals surface area (Å²) in [6.07, 6.45) is 8.62. The van der Waals surface area contributed by atoms with Crippen LogP contribution in [0.1, 0.15) is 65.5 Å². The maximum Gasteiger partial charge on any atom is 0.142 e. The number of aliphatic hydroxyl groups is 1. The van der Waals surface area contributed by atoms with Gasteiger partial charge in [0.05, 0.1) is 17.2 Å². The molecule has 2 heterocycles. The highest BCUT2D eigenvalue weighted by Gasteiger charge is 2.18. The number of hydrogen-bond acceptors (Lipinski definition) is 8. The van der Waals surface area contributed by atoms with Crippen LogP contribution in [0, 0.1) is 25.2 Å². The van der Waals surface area contributed by atoms with E-state index >= 15 is 0 Å². The predicted octanol–water partition coefficient (Wildman–Crippen LogP) is 8.12. The molecule has 1 saturated heterocycles. The highest BCUT2D eigenvalue weighted by Crippen LogP contribution is 2.37. The Labute approximate surface area is 302 Å². The molecular formula is C41H49ClN4O4. The van der Waals surface area contributed by atoms with Gasteiger partial charge in [-0.05, 0) is 106 Å². The Kier molecular flexibility index (Phi) is 13.9. The molecule has 4 aromatic rings. The number of aromatic nitrogens is 1. The molecular weight excluding hydrogens is 648 g/mol. The first-order valence-corrected chi connectivity index (χ1v) is 18.0. The summed E-state index contributed by atoms with van der Waals surface area (Å²) in [5, 5.41) is 18.9. The lowest BCUT2D eigenvalue weighted by atomic mass is 9.93. The van der Waals surface area contributed by atoms with Gasteiger partial charge in [0.2, 0.25) is 0 Å². The Morgan fingerprint density at radius 3 is 2.36 bits per heavy atom. The van der Waals surface area contributed by atoms with Crippen molar-refractivity contribution >= 4 is 11.6 Å². The van der Waals surface area contributed by atoms with Gasteiger partial charge in [-0.3, -0.25) is 9.88 Å². The van der Waals surface area contributed by atoms with Gasteiger partial charge in [0.1, 0.15) is 36.5 Å². The first-order valence-electron chi connectivity index (χ1n) is 17.6. The highest BCUT2D eigenvalue weighted by atomic mass is 35.5. The first kappa shape index (κ1) is 37.1. The van der Waals surface area contributed by atoms with Crippen molar-refractivity contribution in [2.45, 2.75) is 65.7 Å². The van der Waals surface area contributed by atoms with Crippen molar-refractivity contribution in [2.75, 3.05) is 46.4 Å². The van der Waals surface area contributed by atoms with Gasteiger partial charge in [-0.25, -0.2) is 0 Å². The summed E-state index contributed by atoms with van der Waals surface area (Å²) in [4.78, 5) is 8.85. The highest BCUT2D eigenvalue weighted by molar-refractivity contribution is 6.32. The number of pyridine rings is 1. The normalized spacial score (nSPS) is 13.3. The Balaban J connectivity index is 1.30. The Morgan fingerprint density at radius 2 is 1.58 bits per heavy atom. The molecule has 8 nitrogen and oxygen atoms in total. The topological polar surface area (TPSA) is 91.1 Å². The quantitative estimate of drug-likeness (QED) is 0.111. The average molecular weight is 697 g/mol. The van der Waals surface area contributed by atoms with E-state index < -0.39 is 0 Å². The number of benzene rings is 3. The zero-order valence-corrected chi connectivity index (χ0v) is 30.3. The van der Waals surface area contributed by atoms with Gasteiger partial charge >= 0.3 is 0 Å². The SMILES string of the molecule is Cc1c(COc2cc(OCc3cncc(C#N)c3)c(CN3CCCCC3)cc2Cl)cccc1-c1cccc(OCCCN(C)CCCO)c1C. The summed E-state index contributed by atoms with van der Waals surface area (Å²) in [6, 6.07) is 20.3. The molecule has 0 atom stereocenters. The van der Waals surface area contributed by atoms with Crippen LogP contribution < -0.4 is 14.2 Å². The number of hydrogen-bond donors (Lipinski definition) is 1. The number of halogens is 1. The molecule has 9 heteroatoms. The Morgan fingerprint density at radius 1 is 0.840 bits per heavy atom. The van der Waals surface area contributed by atoms with Crippen molar-refractivity contribution in [3.8, 4) is 34.4 Å². The molecule has 1 aliphatic heterocycles. The molecule has 0 unspecified atom stereocenters. The molecule has 0 saturated carbocycles. The van der Waals surface area contributed by atoms with Gasteiger partial charge in [0, 0.05) is 55.8 Å². The smallest absolute Gasteiger partial charge is 0.142 e. The second-order valence-electron chi connectivity index (χ2n) is 13.1. The maximum atomic E-state index is 9.32. The van der Waals surface area contributed by atoms with Crippen molar-refractivity contribution in [3.63, 3.8) is 0 Å². The van der Waals surface area contributed by atoms with E-state index in [0.717, 1.165) is 90.3 Å². The summed E-state index contributed by atoms with van der Waals surface area (Å²) in [6.45, 7) is 10.4. The molecule has 0 spiro atoms. The fourth-order valence-corrected chi connectivity index (χ4v) is 6.65. The second-order valence-corrected chi connectivity index (χ2v) is 13.5. The molecule has 50 heavy (non-hydrogen) atoms. The lowest BCUT2D eigenvalue weighted by molar-refractivity contribution is 0.214. The largest absolute Gasteiger partial charge is 0.493 e. The van der Waals surface area contributed by atoms with Crippen LogP contribution in [0.4, 0.5) is 0 Å². The standard InChI is InChI=1S/C41H49ClN4O4/c1-30-34(11-7-12-36(30)37-13-8-14-39(31(37)2)48-20-10-16-45(3)15-9-19-47)29-50-41-23-40(49-28-33-21-32(24-43)25-44-26-33)35(22-38(41)42)27-46-17-5-4-6-18-46/h7-8,11-14,21-23,25-26,47H,4-6,9-10,15-20,27-29H2,1-3H3. The Bertz CT molecular complexity index is 1750. The molecule has 264 valence electrons. The van der Waals surface area contributed by atoms with Crippen molar-refractivity contribution in [1.29, 1.82) is 5.26 Å². The lowest BCUT2D eigenvalue weighted by Gasteiger charge is -2.27. The molecule has 1 fully saturated rings. The van der Waals surface area contributed by atoms with Crippen LogP contribution in [0.5, 0.6) is 17.2 Å². The molecule has 1 aromatic heterocycles. The number of aliphatic hydroxyl groups excluding tert-OH is 1. The molecule has 1 aliphatic rings. The van der Waals surface area contributed by atoms with E-state index in [-0.39, 0.29) is 13.2 Å². The number of ether oxygens (including phenoxy) is 3. The van der Waals surface area contributed by atoms with Crippen molar-refractivity contribution in [3.05, 3.63) is 105 Å². The maximum absolute atomic E-state index is 9.32. The van der Waals surface area contributed by atoms with Gasteiger partial charge < -0.3 is 24.2 Å². The minimum atomic E-state index is 0.217. The summed E-state index contributed by atoms with van der Waals surface area (Å²) >= 11 is 6.87. The molecule has 1 N–H and O–H groups in total. The number of nitriles is 1. The second kappa shape index (κ2) is 18.7. The van der Waals surface area contributed by atoms with Gasteiger partial charge in [0.25, 0.3) is 0 Å². The van der Waals surface area contributed by atoms with E-state index in [0.29, 0.717) is 35.3 Å². The van der Waals surface area contributed by atoms with E-state index in [4.69, 9.17) is 30.9 Å². The Hall–Kier alpha value is -4.13. The van der Waals surface area contributed by atoms with Gasteiger partial charge in [-0.15, -0.1) is 0 Å². The number of rotatable bonds is 17.